The molecule has 1 N–H and O–H groups in total. The third-order valence-electron chi connectivity index (χ3n) is 2.25. The van der Waals surface area contributed by atoms with Gasteiger partial charge in [-0.25, -0.2) is 13.1 Å². The van der Waals surface area contributed by atoms with Crippen LogP contribution in [0.1, 0.15) is 12.8 Å². The Morgan fingerprint density at radius 2 is 1.94 bits per heavy atom. The average molecular weight is 242 g/mol. The van der Waals surface area contributed by atoms with E-state index < -0.39 is 20.6 Å². The molecule has 1 aromatic rings. The minimum Gasteiger partial charge on any atom is -0.258 e. The number of benzene rings is 1. The fraction of sp³-hybridized carbons (Fsp3) is 0.333. The number of para-hydroxylation sites is 1. The topological polar surface area (TPSA) is 89.3 Å². The van der Waals surface area contributed by atoms with Crippen LogP contribution < -0.4 is 4.72 Å². The lowest BCUT2D eigenvalue weighted by atomic mass is 10.3. The number of nitro benzene ring substituents is 1. The molecule has 0 aromatic heterocycles. The highest BCUT2D eigenvalue weighted by Gasteiger charge is 2.31. The van der Waals surface area contributed by atoms with Gasteiger partial charge in [0.2, 0.25) is 10.0 Å². The molecule has 1 saturated carbocycles. The summed E-state index contributed by atoms with van der Waals surface area (Å²) in [5, 5.41) is 10.7. The molecule has 0 unspecified atom stereocenters. The molecule has 0 aliphatic heterocycles. The monoisotopic (exact) mass is 242 g/mol. The van der Waals surface area contributed by atoms with Gasteiger partial charge in [-0.2, -0.15) is 0 Å². The number of hydrogen-bond acceptors (Lipinski definition) is 4. The summed E-state index contributed by atoms with van der Waals surface area (Å²) < 4.78 is 26.0. The van der Waals surface area contributed by atoms with Gasteiger partial charge in [0.25, 0.3) is 5.69 Å². The third-order valence-corrected chi connectivity index (χ3v) is 3.82. The Morgan fingerprint density at radius 1 is 1.31 bits per heavy atom. The van der Waals surface area contributed by atoms with Crippen molar-refractivity contribution >= 4 is 15.7 Å². The van der Waals surface area contributed by atoms with Crippen molar-refractivity contribution in [3.63, 3.8) is 0 Å². The first-order chi connectivity index (χ1) is 7.50. The SMILES string of the molecule is O=[N+]([O-])c1ccccc1S(=O)(=O)NC1CC1. The van der Waals surface area contributed by atoms with E-state index in [4.69, 9.17) is 0 Å². The molecular weight excluding hydrogens is 232 g/mol. The average Bonchev–Trinajstić information content (AvgIpc) is 3.01. The lowest BCUT2D eigenvalue weighted by molar-refractivity contribution is -0.387. The van der Waals surface area contributed by atoms with Crippen LogP contribution >= 0.6 is 0 Å². The van der Waals surface area contributed by atoms with Crippen LogP contribution in [-0.2, 0) is 10.0 Å². The minimum absolute atomic E-state index is 0.0650. The van der Waals surface area contributed by atoms with Crippen molar-refractivity contribution in [2.24, 2.45) is 0 Å². The molecular formula is C9H10N2O4S. The summed E-state index contributed by atoms with van der Waals surface area (Å²) in [4.78, 5) is 9.72. The molecule has 1 aliphatic carbocycles. The highest BCUT2D eigenvalue weighted by atomic mass is 32.2. The maximum Gasteiger partial charge on any atom is 0.289 e. The number of sulfonamides is 1. The van der Waals surface area contributed by atoms with Crippen LogP contribution in [0.15, 0.2) is 29.2 Å². The van der Waals surface area contributed by atoms with E-state index in [2.05, 4.69) is 4.72 Å². The van der Waals surface area contributed by atoms with Crippen LogP contribution in [0.2, 0.25) is 0 Å². The minimum atomic E-state index is -3.76. The molecule has 16 heavy (non-hydrogen) atoms. The second kappa shape index (κ2) is 3.84. The molecule has 1 aliphatic rings. The molecule has 86 valence electrons. The highest BCUT2D eigenvalue weighted by Crippen LogP contribution is 2.26. The van der Waals surface area contributed by atoms with Crippen LogP contribution in [0.5, 0.6) is 0 Å². The Morgan fingerprint density at radius 3 is 2.50 bits per heavy atom. The second-order valence-electron chi connectivity index (χ2n) is 3.62. The number of nitrogens with zero attached hydrogens (tertiary/aromatic N) is 1. The molecule has 7 heteroatoms. The van der Waals surface area contributed by atoms with E-state index in [-0.39, 0.29) is 10.9 Å². The summed E-state index contributed by atoms with van der Waals surface area (Å²) in [5.41, 5.74) is -0.393. The molecule has 1 aromatic carbocycles. The van der Waals surface area contributed by atoms with Gasteiger partial charge < -0.3 is 0 Å². The van der Waals surface area contributed by atoms with Gasteiger partial charge in [0.05, 0.1) is 4.92 Å². The van der Waals surface area contributed by atoms with Crippen molar-refractivity contribution in [2.75, 3.05) is 0 Å². The summed E-state index contributed by atoms with van der Waals surface area (Å²) in [6.45, 7) is 0. The van der Waals surface area contributed by atoms with Gasteiger partial charge in [0.15, 0.2) is 4.90 Å². The lowest BCUT2D eigenvalue weighted by Crippen LogP contribution is -2.26. The normalized spacial score (nSPS) is 16.0. The van der Waals surface area contributed by atoms with E-state index in [1.54, 1.807) is 0 Å². The summed E-state index contributed by atoms with van der Waals surface area (Å²) in [6, 6.07) is 5.26. The van der Waals surface area contributed by atoms with Gasteiger partial charge in [-0.3, -0.25) is 10.1 Å². The predicted molar refractivity (Wildman–Crippen MR) is 56.4 cm³/mol. The van der Waals surface area contributed by atoms with E-state index in [0.717, 1.165) is 12.8 Å². The number of nitro groups is 1. The molecule has 6 nitrogen and oxygen atoms in total. The summed E-state index contributed by atoms with van der Waals surface area (Å²) >= 11 is 0. The first kappa shape index (κ1) is 11.0. The van der Waals surface area contributed by atoms with Gasteiger partial charge in [0.1, 0.15) is 0 Å². The molecule has 0 atom stereocenters. The number of hydrogen-bond donors (Lipinski definition) is 1. The van der Waals surface area contributed by atoms with Crippen LogP contribution in [0.25, 0.3) is 0 Å². The smallest absolute Gasteiger partial charge is 0.258 e. The van der Waals surface area contributed by atoms with Crippen molar-refractivity contribution < 1.29 is 13.3 Å². The summed E-state index contributed by atoms with van der Waals surface area (Å²) in [6.07, 6.45) is 1.58. The fourth-order valence-corrected chi connectivity index (χ4v) is 2.80. The van der Waals surface area contributed by atoms with E-state index in [1.807, 2.05) is 0 Å². The number of nitrogens with one attached hydrogen (secondary N) is 1. The van der Waals surface area contributed by atoms with E-state index in [0.29, 0.717) is 0 Å². The molecule has 0 amide bonds. The van der Waals surface area contributed by atoms with E-state index in [1.165, 1.54) is 24.3 Å². The zero-order valence-electron chi connectivity index (χ0n) is 8.29. The first-order valence-corrected chi connectivity index (χ1v) is 6.25. The Bertz CT molecular complexity index is 522. The van der Waals surface area contributed by atoms with Gasteiger partial charge in [-0.05, 0) is 18.9 Å². The third kappa shape index (κ3) is 2.20. The quantitative estimate of drug-likeness (QED) is 0.631. The molecule has 1 fully saturated rings. The Labute approximate surface area is 92.5 Å². The number of rotatable bonds is 4. The fourth-order valence-electron chi connectivity index (χ4n) is 1.32. The molecule has 0 bridgehead atoms. The van der Waals surface area contributed by atoms with Crippen LogP contribution in [0.3, 0.4) is 0 Å². The van der Waals surface area contributed by atoms with Crippen molar-refractivity contribution in [3.8, 4) is 0 Å². The van der Waals surface area contributed by atoms with Gasteiger partial charge >= 0.3 is 0 Å². The van der Waals surface area contributed by atoms with Crippen molar-refractivity contribution in [1.82, 2.24) is 4.72 Å². The second-order valence-corrected chi connectivity index (χ2v) is 5.30. The molecule has 0 heterocycles. The molecule has 0 saturated heterocycles. The Kier molecular flexibility index (Phi) is 2.64. The van der Waals surface area contributed by atoms with Gasteiger partial charge in [-0.15, -0.1) is 0 Å². The Hall–Kier alpha value is -1.47. The maximum absolute atomic E-state index is 11.8. The largest absolute Gasteiger partial charge is 0.289 e. The van der Waals surface area contributed by atoms with Crippen LogP contribution in [-0.4, -0.2) is 19.4 Å². The summed E-state index contributed by atoms with van der Waals surface area (Å²) in [7, 11) is -3.76. The molecule has 0 radical (unpaired) electrons. The molecule has 2 rings (SSSR count). The molecule has 0 spiro atoms. The van der Waals surface area contributed by atoms with Crippen molar-refractivity contribution in [2.45, 2.75) is 23.8 Å². The van der Waals surface area contributed by atoms with Crippen molar-refractivity contribution in [1.29, 1.82) is 0 Å². The van der Waals surface area contributed by atoms with Crippen molar-refractivity contribution in [3.05, 3.63) is 34.4 Å². The predicted octanol–water partition coefficient (Wildman–Crippen LogP) is 1.04. The maximum atomic E-state index is 11.8. The highest BCUT2D eigenvalue weighted by molar-refractivity contribution is 7.89. The van der Waals surface area contributed by atoms with E-state index in [9.17, 15) is 18.5 Å². The zero-order chi connectivity index (χ0) is 11.8. The Balaban J connectivity index is 2.41. The van der Waals surface area contributed by atoms with E-state index >= 15 is 0 Å². The lowest BCUT2D eigenvalue weighted by Gasteiger charge is -2.05. The van der Waals surface area contributed by atoms with Crippen LogP contribution in [0, 0.1) is 10.1 Å². The standard InChI is InChI=1S/C9H10N2O4S/c12-11(13)8-3-1-2-4-9(8)16(14,15)10-7-5-6-7/h1-4,7,10H,5-6H2. The van der Waals surface area contributed by atoms with Gasteiger partial charge in [0, 0.05) is 12.1 Å². The summed E-state index contributed by atoms with van der Waals surface area (Å²) in [5.74, 6) is 0. The first-order valence-electron chi connectivity index (χ1n) is 4.76. The van der Waals surface area contributed by atoms with Gasteiger partial charge in [-0.1, -0.05) is 12.1 Å². The van der Waals surface area contributed by atoms with Crippen LogP contribution in [0.4, 0.5) is 5.69 Å². The zero-order valence-corrected chi connectivity index (χ0v) is 9.11.